The zero-order valence-electron chi connectivity index (χ0n) is 10.3. The monoisotopic (exact) mass is 232 g/mol. The van der Waals surface area contributed by atoms with Crippen LogP contribution in [0.2, 0.25) is 0 Å². The predicted octanol–water partition coefficient (Wildman–Crippen LogP) is 1.10. The molecule has 5 heteroatoms. The predicted molar refractivity (Wildman–Crippen MR) is 63.4 cm³/mol. The van der Waals surface area contributed by atoms with Crippen LogP contribution in [0.25, 0.3) is 0 Å². The molecule has 0 saturated carbocycles. The normalized spacial score (nSPS) is 12.7. The summed E-state index contributed by atoms with van der Waals surface area (Å²) in [4.78, 5) is 1.39. The topological polar surface area (TPSA) is 63.8 Å². The molecule has 1 unspecified atom stereocenters. The number of aromatic nitrogens is 4. The van der Waals surface area contributed by atoms with E-state index in [1.807, 2.05) is 26.0 Å². The zero-order chi connectivity index (χ0) is 12.4. The van der Waals surface area contributed by atoms with E-state index in [0.29, 0.717) is 12.2 Å². The van der Waals surface area contributed by atoms with Crippen LogP contribution in [-0.4, -0.2) is 25.3 Å². The molecule has 0 amide bonds. The Labute approximate surface area is 100 Å². The summed E-state index contributed by atoms with van der Waals surface area (Å²) in [6.07, 6.45) is -0.197. The summed E-state index contributed by atoms with van der Waals surface area (Å²) in [5, 5.41) is 21.8. The van der Waals surface area contributed by atoms with E-state index in [1.165, 1.54) is 10.4 Å². The Balaban J connectivity index is 2.17. The van der Waals surface area contributed by atoms with Gasteiger partial charge in [-0.05, 0) is 30.2 Å². The van der Waals surface area contributed by atoms with E-state index < -0.39 is 6.10 Å². The minimum absolute atomic E-state index is 0.387. The zero-order valence-corrected chi connectivity index (χ0v) is 10.3. The van der Waals surface area contributed by atoms with Crippen LogP contribution < -0.4 is 0 Å². The molecule has 1 atom stereocenters. The first-order chi connectivity index (χ1) is 8.06. The molecule has 1 heterocycles. The molecule has 2 rings (SSSR count). The van der Waals surface area contributed by atoms with Gasteiger partial charge in [-0.2, -0.15) is 4.80 Å². The highest BCUT2D eigenvalue weighted by atomic mass is 16.3. The van der Waals surface area contributed by atoms with Gasteiger partial charge < -0.3 is 5.11 Å². The van der Waals surface area contributed by atoms with Crippen molar-refractivity contribution >= 4 is 0 Å². The van der Waals surface area contributed by atoms with E-state index in [-0.39, 0.29) is 0 Å². The van der Waals surface area contributed by atoms with Gasteiger partial charge in [-0.15, -0.1) is 10.2 Å². The number of hydrogen-bond donors (Lipinski definition) is 1. The molecule has 0 aliphatic heterocycles. The Morgan fingerprint density at radius 2 is 2.12 bits per heavy atom. The summed E-state index contributed by atoms with van der Waals surface area (Å²) in [6.45, 7) is 4.03. The van der Waals surface area contributed by atoms with Crippen LogP contribution in [0, 0.1) is 13.8 Å². The van der Waals surface area contributed by atoms with E-state index in [0.717, 1.165) is 11.1 Å². The van der Waals surface area contributed by atoms with Crippen molar-refractivity contribution in [3.63, 3.8) is 0 Å². The number of aliphatic hydroxyl groups is 1. The van der Waals surface area contributed by atoms with E-state index in [1.54, 1.807) is 7.05 Å². The lowest BCUT2D eigenvalue weighted by molar-refractivity contribution is 0.175. The molecule has 1 N–H and O–H groups in total. The summed E-state index contributed by atoms with van der Waals surface area (Å²) in [6, 6.07) is 6.00. The second kappa shape index (κ2) is 4.63. The maximum Gasteiger partial charge on any atom is 0.177 e. The van der Waals surface area contributed by atoms with E-state index in [9.17, 15) is 5.11 Å². The molecule has 90 valence electrons. The van der Waals surface area contributed by atoms with Crippen molar-refractivity contribution in [2.45, 2.75) is 26.4 Å². The molecular weight excluding hydrogens is 216 g/mol. The summed E-state index contributed by atoms with van der Waals surface area (Å²) in [7, 11) is 1.71. The van der Waals surface area contributed by atoms with Gasteiger partial charge in [0.1, 0.15) is 0 Å². The molecule has 0 aliphatic rings. The molecule has 0 spiro atoms. The average molecular weight is 232 g/mol. The van der Waals surface area contributed by atoms with Gasteiger partial charge >= 0.3 is 0 Å². The van der Waals surface area contributed by atoms with Crippen molar-refractivity contribution in [3.05, 3.63) is 40.7 Å². The molecule has 0 aliphatic carbocycles. The third-order valence-electron chi connectivity index (χ3n) is 2.71. The first kappa shape index (κ1) is 11.7. The Morgan fingerprint density at radius 3 is 2.71 bits per heavy atom. The molecule has 0 fully saturated rings. The molecular formula is C12H16N4O. The molecule has 0 saturated heterocycles. The molecule has 1 aromatic heterocycles. The number of benzene rings is 1. The van der Waals surface area contributed by atoms with E-state index >= 15 is 0 Å². The summed E-state index contributed by atoms with van der Waals surface area (Å²) >= 11 is 0. The van der Waals surface area contributed by atoms with Crippen molar-refractivity contribution in [1.82, 2.24) is 20.2 Å². The fraction of sp³-hybridized carbons (Fsp3) is 0.417. The summed E-state index contributed by atoms with van der Waals surface area (Å²) in [5.74, 6) is 0.556. The maximum absolute atomic E-state index is 10.1. The van der Waals surface area contributed by atoms with E-state index in [2.05, 4.69) is 21.5 Å². The van der Waals surface area contributed by atoms with Crippen LogP contribution in [0.1, 0.15) is 28.6 Å². The highest BCUT2D eigenvalue weighted by molar-refractivity contribution is 5.32. The Hall–Kier alpha value is -1.75. The first-order valence-electron chi connectivity index (χ1n) is 5.54. The first-order valence-corrected chi connectivity index (χ1v) is 5.54. The van der Waals surface area contributed by atoms with Crippen molar-refractivity contribution in [2.24, 2.45) is 7.05 Å². The summed E-state index contributed by atoms with van der Waals surface area (Å²) < 4.78 is 0. The van der Waals surface area contributed by atoms with Crippen molar-refractivity contribution in [3.8, 4) is 0 Å². The number of rotatable bonds is 3. The molecule has 0 bridgehead atoms. The molecule has 2 aromatic rings. The lowest BCUT2D eigenvalue weighted by atomic mass is 9.99. The smallest absolute Gasteiger partial charge is 0.177 e. The highest BCUT2D eigenvalue weighted by Gasteiger charge is 2.14. The van der Waals surface area contributed by atoms with Gasteiger partial charge in [0.15, 0.2) is 5.82 Å². The van der Waals surface area contributed by atoms with Gasteiger partial charge in [-0.1, -0.05) is 23.8 Å². The lowest BCUT2D eigenvalue weighted by Crippen LogP contribution is -2.06. The van der Waals surface area contributed by atoms with Crippen LogP contribution in [0.15, 0.2) is 18.2 Å². The number of nitrogens with zero attached hydrogens (tertiary/aromatic N) is 4. The van der Waals surface area contributed by atoms with E-state index in [4.69, 9.17) is 0 Å². The fourth-order valence-corrected chi connectivity index (χ4v) is 1.89. The number of aryl methyl sites for hydroxylation is 3. The van der Waals surface area contributed by atoms with Crippen molar-refractivity contribution in [2.75, 3.05) is 0 Å². The van der Waals surface area contributed by atoms with Gasteiger partial charge in [0.05, 0.1) is 13.2 Å². The maximum atomic E-state index is 10.1. The standard InChI is InChI=1S/C12H16N4O/c1-8-4-5-10(9(2)6-8)11(17)7-12-13-15-16(3)14-12/h4-6,11,17H,7H2,1-3H3. The Morgan fingerprint density at radius 1 is 1.35 bits per heavy atom. The average Bonchev–Trinajstić information content (AvgIpc) is 2.63. The van der Waals surface area contributed by atoms with Crippen molar-refractivity contribution in [1.29, 1.82) is 0 Å². The van der Waals surface area contributed by atoms with Crippen LogP contribution in [-0.2, 0) is 13.5 Å². The number of hydrogen-bond acceptors (Lipinski definition) is 4. The number of tetrazole rings is 1. The highest BCUT2D eigenvalue weighted by Crippen LogP contribution is 2.21. The number of aliphatic hydroxyl groups excluding tert-OH is 1. The molecule has 0 radical (unpaired) electrons. The van der Waals surface area contributed by atoms with Crippen molar-refractivity contribution < 1.29 is 5.11 Å². The minimum atomic E-state index is -0.584. The van der Waals surface area contributed by atoms with Gasteiger partial charge in [-0.3, -0.25) is 0 Å². The second-order valence-corrected chi connectivity index (χ2v) is 4.28. The van der Waals surface area contributed by atoms with Gasteiger partial charge in [0.25, 0.3) is 0 Å². The SMILES string of the molecule is Cc1ccc(C(O)Cc2nnn(C)n2)c(C)c1. The Bertz CT molecular complexity index is 521. The second-order valence-electron chi connectivity index (χ2n) is 4.28. The van der Waals surface area contributed by atoms with Gasteiger partial charge in [-0.25, -0.2) is 0 Å². The molecule has 1 aromatic carbocycles. The van der Waals surface area contributed by atoms with Gasteiger partial charge in [0, 0.05) is 6.42 Å². The van der Waals surface area contributed by atoms with Crippen LogP contribution >= 0.6 is 0 Å². The third kappa shape index (κ3) is 2.68. The van der Waals surface area contributed by atoms with Gasteiger partial charge in [0.2, 0.25) is 0 Å². The lowest BCUT2D eigenvalue weighted by Gasteiger charge is -2.12. The quantitative estimate of drug-likeness (QED) is 0.860. The fourth-order valence-electron chi connectivity index (χ4n) is 1.89. The minimum Gasteiger partial charge on any atom is -0.388 e. The third-order valence-corrected chi connectivity index (χ3v) is 2.71. The summed E-state index contributed by atoms with van der Waals surface area (Å²) in [5.41, 5.74) is 3.19. The van der Waals surface area contributed by atoms with Crippen LogP contribution in [0.5, 0.6) is 0 Å². The van der Waals surface area contributed by atoms with Crippen LogP contribution in [0.4, 0.5) is 0 Å². The molecule has 17 heavy (non-hydrogen) atoms. The van der Waals surface area contributed by atoms with Crippen LogP contribution in [0.3, 0.4) is 0 Å². The molecule has 5 nitrogen and oxygen atoms in total. The Kier molecular flexibility index (Phi) is 3.19. The largest absolute Gasteiger partial charge is 0.388 e.